The first-order chi connectivity index (χ1) is 14.0. The Morgan fingerprint density at radius 2 is 1.90 bits per heavy atom. The molecule has 1 unspecified atom stereocenters. The molecule has 0 spiro atoms. The minimum absolute atomic E-state index is 0.0520. The minimum atomic E-state index is -0.432. The third kappa shape index (κ3) is 5.41. The number of aryl methyl sites for hydroxylation is 1. The summed E-state index contributed by atoms with van der Waals surface area (Å²) >= 11 is 0. The Balaban J connectivity index is 1.53. The Labute approximate surface area is 168 Å². The maximum absolute atomic E-state index is 12.5. The van der Waals surface area contributed by atoms with Crippen molar-refractivity contribution in [2.45, 2.75) is 18.9 Å². The molecule has 1 atom stereocenters. The molecule has 0 saturated carbocycles. The van der Waals surface area contributed by atoms with Crippen LogP contribution < -0.4 is 10.6 Å². The fourth-order valence-electron chi connectivity index (χ4n) is 3.01. The minimum Gasteiger partial charge on any atom is -0.385 e. The molecule has 2 aromatic carbocycles. The van der Waals surface area contributed by atoms with Crippen LogP contribution in [0, 0.1) is 10.1 Å². The number of rotatable bonds is 9. The van der Waals surface area contributed by atoms with Gasteiger partial charge >= 0.3 is 0 Å². The fraction of sp³-hybridized carbons (Fsp3) is 0.238. The van der Waals surface area contributed by atoms with Crippen LogP contribution in [0.15, 0.2) is 67.0 Å². The lowest BCUT2D eigenvalue weighted by atomic mass is 10.1. The van der Waals surface area contributed by atoms with E-state index in [1.165, 1.54) is 12.1 Å². The Hall–Kier alpha value is -3.68. The van der Waals surface area contributed by atoms with E-state index < -0.39 is 4.92 Å². The largest absolute Gasteiger partial charge is 0.385 e. The smallest absolute Gasteiger partial charge is 0.269 e. The highest BCUT2D eigenvalue weighted by atomic mass is 16.6. The number of carbonyl (C=O) groups is 1. The molecule has 2 N–H and O–H groups in total. The molecule has 0 radical (unpaired) electrons. The summed E-state index contributed by atoms with van der Waals surface area (Å²) in [7, 11) is 1.90. The molecule has 0 aliphatic heterocycles. The van der Waals surface area contributed by atoms with Gasteiger partial charge in [0.15, 0.2) is 0 Å². The second kappa shape index (κ2) is 9.50. The van der Waals surface area contributed by atoms with Crippen molar-refractivity contribution in [3.05, 3.63) is 88.5 Å². The molecule has 0 bridgehead atoms. The molecule has 150 valence electrons. The summed E-state index contributed by atoms with van der Waals surface area (Å²) in [5.41, 5.74) is 1.81. The van der Waals surface area contributed by atoms with Crippen molar-refractivity contribution >= 4 is 17.3 Å². The zero-order chi connectivity index (χ0) is 20.6. The molecule has 0 aliphatic carbocycles. The van der Waals surface area contributed by atoms with Crippen LogP contribution in [0.1, 0.15) is 30.3 Å². The molecule has 0 aliphatic rings. The second-order valence-electron chi connectivity index (χ2n) is 6.64. The van der Waals surface area contributed by atoms with E-state index >= 15 is 0 Å². The van der Waals surface area contributed by atoms with Gasteiger partial charge in [-0.25, -0.2) is 4.98 Å². The van der Waals surface area contributed by atoms with E-state index in [1.807, 2.05) is 48.1 Å². The second-order valence-corrected chi connectivity index (χ2v) is 6.64. The predicted octanol–water partition coefficient (Wildman–Crippen LogP) is 3.43. The number of anilines is 1. The number of amides is 1. The van der Waals surface area contributed by atoms with Crippen LogP contribution in [-0.4, -0.2) is 26.9 Å². The van der Waals surface area contributed by atoms with Gasteiger partial charge in [0.1, 0.15) is 11.9 Å². The molecule has 0 saturated heterocycles. The summed E-state index contributed by atoms with van der Waals surface area (Å²) in [6.45, 7) is 0.587. The Kier molecular flexibility index (Phi) is 6.57. The summed E-state index contributed by atoms with van der Waals surface area (Å²) in [5.74, 6) is 0.709. The number of hydrogen-bond acceptors (Lipinski definition) is 5. The molecule has 1 aromatic heterocycles. The molecule has 3 rings (SSSR count). The Morgan fingerprint density at radius 1 is 1.17 bits per heavy atom. The number of aromatic nitrogens is 2. The average Bonchev–Trinajstić information content (AvgIpc) is 3.16. The van der Waals surface area contributed by atoms with Gasteiger partial charge in [-0.15, -0.1) is 0 Å². The van der Waals surface area contributed by atoms with Gasteiger partial charge in [-0.1, -0.05) is 30.3 Å². The van der Waals surface area contributed by atoms with Crippen LogP contribution in [0.2, 0.25) is 0 Å². The highest BCUT2D eigenvalue weighted by molar-refractivity contribution is 5.76. The van der Waals surface area contributed by atoms with Crippen LogP contribution >= 0.6 is 0 Å². The van der Waals surface area contributed by atoms with Gasteiger partial charge in [-0.05, 0) is 24.1 Å². The number of non-ortho nitro benzene ring substituents is 1. The molecule has 29 heavy (non-hydrogen) atoms. The third-order valence-electron chi connectivity index (χ3n) is 4.54. The summed E-state index contributed by atoms with van der Waals surface area (Å²) in [6, 6.07) is 15.6. The van der Waals surface area contributed by atoms with E-state index in [0.29, 0.717) is 19.4 Å². The number of nitro groups is 1. The summed E-state index contributed by atoms with van der Waals surface area (Å²) < 4.78 is 1.90. The lowest BCUT2D eigenvalue weighted by Crippen LogP contribution is -2.31. The third-order valence-corrected chi connectivity index (χ3v) is 4.54. The first kappa shape index (κ1) is 20.1. The molecular formula is C21H23N5O3. The monoisotopic (exact) mass is 393 g/mol. The zero-order valence-electron chi connectivity index (χ0n) is 16.1. The quantitative estimate of drug-likeness (QED) is 0.329. The van der Waals surface area contributed by atoms with Crippen LogP contribution in [0.3, 0.4) is 0 Å². The van der Waals surface area contributed by atoms with Gasteiger partial charge in [-0.2, -0.15) is 0 Å². The van der Waals surface area contributed by atoms with Gasteiger partial charge in [0.25, 0.3) is 5.69 Å². The maximum atomic E-state index is 12.5. The molecule has 8 nitrogen and oxygen atoms in total. The van der Waals surface area contributed by atoms with Crippen LogP contribution in [-0.2, 0) is 11.8 Å². The number of nitro benzene ring substituents is 1. The van der Waals surface area contributed by atoms with Crippen LogP contribution in [0.5, 0.6) is 0 Å². The van der Waals surface area contributed by atoms with Crippen molar-refractivity contribution in [2.75, 3.05) is 11.9 Å². The van der Waals surface area contributed by atoms with E-state index in [4.69, 9.17) is 0 Å². The van der Waals surface area contributed by atoms with Crippen molar-refractivity contribution < 1.29 is 9.72 Å². The predicted molar refractivity (Wildman–Crippen MR) is 110 cm³/mol. The first-order valence-corrected chi connectivity index (χ1v) is 9.34. The number of hydrogen-bond donors (Lipinski definition) is 2. The van der Waals surface area contributed by atoms with Gasteiger partial charge in [0.2, 0.25) is 5.91 Å². The lowest BCUT2D eigenvalue weighted by Gasteiger charge is -2.19. The van der Waals surface area contributed by atoms with Crippen LogP contribution in [0.25, 0.3) is 0 Å². The molecular weight excluding hydrogens is 370 g/mol. The van der Waals surface area contributed by atoms with Crippen LogP contribution in [0.4, 0.5) is 11.4 Å². The van der Waals surface area contributed by atoms with E-state index in [-0.39, 0.29) is 17.6 Å². The van der Waals surface area contributed by atoms with E-state index in [9.17, 15) is 14.9 Å². The summed E-state index contributed by atoms with van der Waals surface area (Å²) in [4.78, 5) is 27.1. The number of nitrogens with one attached hydrogen (secondary N) is 2. The van der Waals surface area contributed by atoms with Crippen molar-refractivity contribution in [3.63, 3.8) is 0 Å². The van der Waals surface area contributed by atoms with Gasteiger partial charge in [0.05, 0.1) is 4.92 Å². The topological polar surface area (TPSA) is 102 Å². The van der Waals surface area contributed by atoms with Gasteiger partial charge < -0.3 is 15.2 Å². The number of carbonyl (C=O) groups excluding carboxylic acids is 1. The molecule has 8 heteroatoms. The lowest BCUT2D eigenvalue weighted by molar-refractivity contribution is -0.384. The Morgan fingerprint density at radius 3 is 2.52 bits per heavy atom. The number of imidazole rings is 1. The highest BCUT2D eigenvalue weighted by Crippen LogP contribution is 2.20. The fourth-order valence-corrected chi connectivity index (χ4v) is 3.01. The van der Waals surface area contributed by atoms with Gasteiger partial charge in [0, 0.05) is 50.2 Å². The number of benzene rings is 2. The number of nitrogens with zero attached hydrogens (tertiary/aromatic N) is 3. The van der Waals surface area contributed by atoms with Crippen molar-refractivity contribution in [1.29, 1.82) is 0 Å². The Bertz CT molecular complexity index is 954. The zero-order valence-corrected chi connectivity index (χ0v) is 16.1. The van der Waals surface area contributed by atoms with E-state index in [1.54, 1.807) is 18.3 Å². The van der Waals surface area contributed by atoms with Crippen molar-refractivity contribution in [1.82, 2.24) is 14.9 Å². The maximum Gasteiger partial charge on any atom is 0.269 e. The summed E-state index contributed by atoms with van der Waals surface area (Å²) in [5, 5.41) is 16.9. The SMILES string of the molecule is Cn1ccnc1C(NC(=O)CCCNc1ccc([N+](=O)[O-])cc1)c1ccccc1. The first-order valence-electron chi connectivity index (χ1n) is 9.34. The molecule has 3 aromatic rings. The van der Waals surface area contributed by atoms with Crippen molar-refractivity contribution in [3.8, 4) is 0 Å². The normalized spacial score (nSPS) is 11.6. The van der Waals surface area contributed by atoms with Gasteiger partial charge in [-0.3, -0.25) is 14.9 Å². The molecule has 1 heterocycles. The molecule has 0 fully saturated rings. The standard InChI is InChI=1S/C21H23N5O3/c1-25-15-14-23-21(25)20(16-6-3-2-4-7-16)24-19(27)8-5-13-22-17-9-11-18(12-10-17)26(28)29/h2-4,6-7,9-12,14-15,20,22H,5,8,13H2,1H3,(H,24,27). The summed E-state index contributed by atoms with van der Waals surface area (Å²) in [6.07, 6.45) is 4.55. The van der Waals surface area contributed by atoms with E-state index in [0.717, 1.165) is 17.1 Å². The average molecular weight is 393 g/mol. The molecule has 1 amide bonds. The van der Waals surface area contributed by atoms with Crippen molar-refractivity contribution in [2.24, 2.45) is 7.05 Å². The highest BCUT2D eigenvalue weighted by Gasteiger charge is 2.20. The van der Waals surface area contributed by atoms with E-state index in [2.05, 4.69) is 15.6 Å².